The number of rotatable bonds is 10. The highest BCUT2D eigenvalue weighted by atomic mass is 35.5. The third kappa shape index (κ3) is 6.24. The Kier molecular flexibility index (Phi) is 8.30. The molecule has 14 nitrogen and oxygen atoms in total. The summed E-state index contributed by atoms with van der Waals surface area (Å²) < 4.78 is 52.0. The first kappa shape index (κ1) is 28.9. The minimum Gasteiger partial charge on any atom is -0.462 e. The molecule has 0 bridgehead atoms. The quantitative estimate of drug-likeness (QED) is 0.153. The van der Waals surface area contributed by atoms with Crippen LogP contribution in [-0.4, -0.2) is 66.7 Å². The number of halogens is 2. The van der Waals surface area contributed by atoms with Crippen LogP contribution in [0.3, 0.4) is 0 Å². The van der Waals surface area contributed by atoms with Crippen molar-refractivity contribution in [3.05, 3.63) is 47.0 Å². The minimum atomic E-state index is -4.35. The molecule has 0 saturated carbocycles. The number of hydrogen-bond donors (Lipinski definition) is 4. The molecule has 17 heteroatoms. The van der Waals surface area contributed by atoms with E-state index >= 15 is 4.39 Å². The highest BCUT2D eigenvalue weighted by molar-refractivity contribution is 7.52. The molecule has 3 aromatic rings. The number of anilines is 1. The molecular formula is C22H27ClFN6O8P. The molecule has 0 amide bonds. The highest BCUT2D eigenvalue weighted by Crippen LogP contribution is 2.49. The van der Waals surface area contributed by atoms with Crippen molar-refractivity contribution in [3.63, 3.8) is 0 Å². The van der Waals surface area contributed by atoms with E-state index in [1.165, 1.54) is 19.1 Å². The van der Waals surface area contributed by atoms with Crippen molar-refractivity contribution < 1.29 is 37.4 Å². The van der Waals surface area contributed by atoms with Gasteiger partial charge in [-0.1, -0.05) is 29.8 Å². The van der Waals surface area contributed by atoms with Crippen LogP contribution >= 0.6 is 19.3 Å². The lowest BCUT2D eigenvalue weighted by Crippen LogP contribution is -2.40. The van der Waals surface area contributed by atoms with Gasteiger partial charge in [0, 0.05) is 0 Å². The van der Waals surface area contributed by atoms with Crippen LogP contribution in [0.4, 0.5) is 10.3 Å². The summed E-state index contributed by atoms with van der Waals surface area (Å²) in [6.07, 6.45) is -4.60. The number of alkyl halides is 2. The van der Waals surface area contributed by atoms with Crippen LogP contribution in [0.1, 0.15) is 27.0 Å². The van der Waals surface area contributed by atoms with Crippen LogP contribution in [-0.2, 0) is 23.4 Å². The normalized spacial score (nSPS) is 25.5. The summed E-state index contributed by atoms with van der Waals surface area (Å²) >= 11 is 6.04. The van der Waals surface area contributed by atoms with Crippen molar-refractivity contribution in [2.45, 2.75) is 56.5 Å². The lowest BCUT2D eigenvalue weighted by molar-refractivity contribution is -0.149. The fraction of sp³-hybridized carbons (Fsp3) is 0.455. The number of nitrogens with one attached hydrogen (secondary N) is 2. The molecule has 1 aliphatic heterocycles. The summed E-state index contributed by atoms with van der Waals surface area (Å²) in [6, 6.07) is 6.82. The van der Waals surface area contributed by atoms with Crippen LogP contribution in [0.5, 0.6) is 5.75 Å². The van der Waals surface area contributed by atoms with Crippen molar-refractivity contribution in [1.82, 2.24) is 24.6 Å². The van der Waals surface area contributed by atoms with Gasteiger partial charge in [-0.05, 0) is 32.9 Å². The van der Waals surface area contributed by atoms with E-state index in [9.17, 15) is 19.3 Å². The number of fused-ring (bicyclic) bond motifs is 1. The van der Waals surface area contributed by atoms with E-state index < -0.39 is 61.6 Å². The van der Waals surface area contributed by atoms with Gasteiger partial charge in [0.25, 0.3) is 10.7 Å². The third-order valence-corrected chi connectivity index (χ3v) is 7.57. The molecule has 0 radical (unpaired) electrons. The van der Waals surface area contributed by atoms with Crippen LogP contribution < -0.4 is 20.9 Å². The number of aliphatic hydroxyl groups excluding tert-OH is 1. The molecule has 0 unspecified atom stereocenters. The Labute approximate surface area is 226 Å². The zero-order valence-electron chi connectivity index (χ0n) is 21.0. The lowest BCUT2D eigenvalue weighted by Gasteiger charge is -2.25. The van der Waals surface area contributed by atoms with Crippen LogP contribution in [0.25, 0.3) is 11.2 Å². The van der Waals surface area contributed by atoms with E-state index in [4.69, 9.17) is 35.9 Å². The monoisotopic (exact) mass is 588 g/mol. The van der Waals surface area contributed by atoms with Crippen molar-refractivity contribution in [2.24, 2.45) is 0 Å². The summed E-state index contributed by atoms with van der Waals surface area (Å²) in [5.74, 6) is -0.846. The standard InChI is InChI=1S/C22H27ClFN6O8P/c1-11(2)36-19(33)12(3)29-39(34,38-13-7-5-4-6-8-13)35-9-14-16(31)22(23,24)20(37-14)30-10-26-15-17(30)27-21(25)28-18(15)32/h4-8,10-12,14,16,20,31H,9H2,1-3H3,(H,29,34)(H3,25,27,28,32)/t12-,14-,16-,20-,22+,39+/m1/s1. The number of H-pyrrole nitrogens is 1. The number of aliphatic hydroxyl groups is 1. The second kappa shape index (κ2) is 11.2. The molecule has 5 N–H and O–H groups in total. The van der Waals surface area contributed by atoms with Crippen molar-refractivity contribution in [2.75, 3.05) is 12.3 Å². The maximum absolute atomic E-state index is 15.6. The van der Waals surface area contributed by atoms with Crippen molar-refractivity contribution in [3.8, 4) is 5.75 Å². The van der Waals surface area contributed by atoms with Gasteiger partial charge in [0.1, 0.15) is 24.0 Å². The molecular weight excluding hydrogens is 562 g/mol. The first-order chi connectivity index (χ1) is 18.3. The van der Waals surface area contributed by atoms with Crippen LogP contribution in [0.15, 0.2) is 41.5 Å². The Morgan fingerprint density at radius 3 is 2.74 bits per heavy atom. The molecule has 3 heterocycles. The number of esters is 1. The maximum atomic E-state index is 15.6. The van der Waals surface area contributed by atoms with Crippen molar-refractivity contribution in [1.29, 1.82) is 0 Å². The zero-order valence-corrected chi connectivity index (χ0v) is 22.6. The van der Waals surface area contributed by atoms with Gasteiger partial charge in [-0.2, -0.15) is 10.1 Å². The predicted octanol–water partition coefficient (Wildman–Crippen LogP) is 2.00. The number of carbonyl (C=O) groups is 1. The molecule has 1 saturated heterocycles. The first-order valence-electron chi connectivity index (χ1n) is 11.7. The second-order valence-corrected chi connectivity index (χ2v) is 11.2. The topological polar surface area (TPSA) is 193 Å². The minimum absolute atomic E-state index is 0.138. The summed E-state index contributed by atoms with van der Waals surface area (Å²) in [5, 5.41) is 10.2. The highest BCUT2D eigenvalue weighted by Gasteiger charge is 2.58. The number of benzene rings is 1. The number of nitrogens with zero attached hydrogens (tertiary/aromatic N) is 3. The summed E-state index contributed by atoms with van der Waals surface area (Å²) in [5.41, 5.74) is 4.60. The number of aromatic nitrogens is 4. The van der Waals surface area contributed by atoms with Gasteiger partial charge in [0.2, 0.25) is 5.95 Å². The summed E-state index contributed by atoms with van der Waals surface area (Å²) in [7, 11) is -4.35. The molecule has 212 valence electrons. The molecule has 1 fully saturated rings. The van der Waals surface area contributed by atoms with E-state index in [1.807, 2.05) is 0 Å². The van der Waals surface area contributed by atoms with Gasteiger partial charge in [0.15, 0.2) is 17.4 Å². The van der Waals surface area contributed by atoms with Crippen LogP contribution in [0, 0.1) is 0 Å². The predicted molar refractivity (Wildman–Crippen MR) is 137 cm³/mol. The second-order valence-electron chi connectivity index (χ2n) is 8.96. The summed E-state index contributed by atoms with van der Waals surface area (Å²) in [4.78, 5) is 34.5. The van der Waals surface area contributed by atoms with E-state index in [2.05, 4.69) is 20.0 Å². The number of nitrogen functional groups attached to an aromatic ring is 1. The number of hydrogen-bond acceptors (Lipinski definition) is 11. The van der Waals surface area contributed by atoms with Gasteiger partial charge >= 0.3 is 13.7 Å². The Morgan fingerprint density at radius 1 is 1.38 bits per heavy atom. The molecule has 0 spiro atoms. The fourth-order valence-corrected chi connectivity index (χ4v) is 5.53. The van der Waals surface area contributed by atoms with Gasteiger partial charge in [-0.15, -0.1) is 0 Å². The number of nitrogens with two attached hydrogens (primary N) is 1. The van der Waals surface area contributed by atoms with E-state index in [0.29, 0.717) is 0 Å². The van der Waals surface area contributed by atoms with Gasteiger partial charge in [0.05, 0.1) is 19.0 Å². The molecule has 4 rings (SSSR count). The Balaban J connectivity index is 1.56. The van der Waals surface area contributed by atoms with Gasteiger partial charge in [-0.25, -0.2) is 13.9 Å². The molecule has 1 aromatic carbocycles. The Hall–Kier alpha value is -3.07. The van der Waals surface area contributed by atoms with E-state index in [-0.39, 0.29) is 22.9 Å². The largest absolute Gasteiger partial charge is 0.462 e. The number of ether oxygens (including phenoxy) is 2. The number of para-hydroxylation sites is 1. The first-order valence-corrected chi connectivity index (χ1v) is 13.6. The average molecular weight is 589 g/mol. The average Bonchev–Trinajstić information content (AvgIpc) is 3.36. The molecule has 39 heavy (non-hydrogen) atoms. The third-order valence-electron chi connectivity index (χ3n) is 5.52. The molecule has 2 aromatic heterocycles. The summed E-state index contributed by atoms with van der Waals surface area (Å²) in [6.45, 7) is 3.99. The van der Waals surface area contributed by atoms with E-state index in [0.717, 1.165) is 10.9 Å². The Bertz CT molecular complexity index is 1440. The van der Waals surface area contributed by atoms with Gasteiger partial charge < -0.3 is 24.8 Å². The number of imidazole rings is 1. The smallest absolute Gasteiger partial charge is 0.459 e. The Morgan fingerprint density at radius 2 is 2.08 bits per heavy atom. The van der Waals surface area contributed by atoms with Gasteiger partial charge in [-0.3, -0.25) is 23.7 Å². The SMILES string of the molecule is CC(C)OC(=O)[C@@H](C)N[P@](=O)(OC[C@H]1O[C@@H](n2cnc3c(=O)[nH]c(N)nc32)[C@](F)(Cl)[C@@H]1O)Oc1ccccc1. The zero-order chi connectivity index (χ0) is 28.5. The van der Waals surface area contributed by atoms with E-state index in [1.54, 1.807) is 32.0 Å². The van der Waals surface area contributed by atoms with Crippen LogP contribution in [0.2, 0.25) is 0 Å². The fourth-order valence-electron chi connectivity index (χ4n) is 3.73. The molecule has 0 aliphatic carbocycles. The molecule has 1 aliphatic rings. The number of aromatic amines is 1. The maximum Gasteiger partial charge on any atom is 0.459 e. The lowest BCUT2D eigenvalue weighted by atomic mass is 10.1. The molecule has 6 atom stereocenters. The van der Waals surface area contributed by atoms with Crippen molar-refractivity contribution >= 4 is 42.4 Å². The number of carbonyl (C=O) groups excluding carboxylic acids is 1.